The van der Waals surface area contributed by atoms with E-state index in [1.54, 1.807) is 90.0 Å². The summed E-state index contributed by atoms with van der Waals surface area (Å²) in [4.78, 5) is 30.3. The van der Waals surface area contributed by atoms with Crippen LogP contribution in [-0.2, 0) is 47.1 Å². The molecule has 0 N–H and O–H groups in total. The molecule has 8 nitrogen and oxygen atoms in total. The number of rotatable bonds is 25. The summed E-state index contributed by atoms with van der Waals surface area (Å²) in [6.07, 6.45) is 11.5. The minimum atomic E-state index is -0.925. The van der Waals surface area contributed by atoms with Crippen molar-refractivity contribution >= 4 is 83.4 Å². The van der Waals surface area contributed by atoms with E-state index in [0.717, 1.165) is 12.2 Å². The average Bonchev–Trinajstić information content (AvgIpc) is 3.20. The van der Waals surface area contributed by atoms with Crippen molar-refractivity contribution < 1.29 is 38.0 Å². The first-order valence-corrected chi connectivity index (χ1v) is 23.8. The van der Waals surface area contributed by atoms with Crippen molar-refractivity contribution in [2.75, 3.05) is 57.7 Å². The molecule has 3 unspecified atom stereocenters. The summed E-state index contributed by atoms with van der Waals surface area (Å²) in [6, 6.07) is 15.8. The summed E-state index contributed by atoms with van der Waals surface area (Å²) in [5.41, 5.74) is 3.58. The van der Waals surface area contributed by atoms with E-state index in [1.165, 1.54) is 41.2 Å². The quantitative estimate of drug-likeness (QED) is 0.0220. The zero-order valence-electron chi connectivity index (χ0n) is 31.6. The van der Waals surface area contributed by atoms with Gasteiger partial charge >= 0.3 is 11.9 Å². The number of esters is 2. The van der Waals surface area contributed by atoms with Crippen LogP contribution in [0, 0.1) is 0 Å². The Morgan fingerprint density at radius 1 is 0.741 bits per heavy atom. The van der Waals surface area contributed by atoms with Crippen molar-refractivity contribution in [2.24, 2.45) is 0 Å². The predicted molar refractivity (Wildman–Crippen MR) is 231 cm³/mol. The lowest BCUT2D eigenvalue weighted by Crippen LogP contribution is -2.36. The SMILES string of the molecule is C=CC(=O)OC(COCCc1c(CS)cc(SC)cc1SC)COc1cccc(OC(OCCc2c(SC)cc(SC)cc2SC)C(C)OC(=O)C=C)c1. The molecule has 0 spiro atoms. The van der Waals surface area contributed by atoms with E-state index >= 15 is 0 Å². The van der Waals surface area contributed by atoms with Crippen LogP contribution >= 0.6 is 71.4 Å². The Morgan fingerprint density at radius 2 is 1.31 bits per heavy atom. The molecule has 0 aliphatic rings. The van der Waals surface area contributed by atoms with Crippen molar-refractivity contribution in [2.45, 2.75) is 68.5 Å². The Kier molecular flexibility index (Phi) is 21.4. The van der Waals surface area contributed by atoms with Gasteiger partial charge in [0.15, 0.2) is 12.2 Å². The molecule has 3 atom stereocenters. The van der Waals surface area contributed by atoms with Gasteiger partial charge in [-0.15, -0.1) is 58.8 Å². The van der Waals surface area contributed by atoms with Gasteiger partial charge in [-0.3, -0.25) is 0 Å². The molecule has 0 bridgehead atoms. The highest BCUT2D eigenvalue weighted by Gasteiger charge is 2.24. The second-order valence-corrected chi connectivity index (χ2v) is 16.1. The van der Waals surface area contributed by atoms with Crippen LogP contribution in [0.4, 0.5) is 0 Å². The van der Waals surface area contributed by atoms with E-state index in [1.807, 2.05) is 0 Å². The Labute approximate surface area is 347 Å². The number of carbonyl (C=O) groups is 2. The molecule has 0 fully saturated rings. The van der Waals surface area contributed by atoms with E-state index in [-0.39, 0.29) is 13.2 Å². The van der Waals surface area contributed by atoms with Crippen molar-refractivity contribution in [1.82, 2.24) is 0 Å². The number of hydrogen-bond donors (Lipinski definition) is 1. The van der Waals surface area contributed by atoms with Crippen LogP contribution < -0.4 is 9.47 Å². The van der Waals surface area contributed by atoms with Gasteiger partial charge < -0.3 is 28.4 Å². The maximum atomic E-state index is 12.2. The molecule has 0 saturated carbocycles. The molecule has 14 heteroatoms. The van der Waals surface area contributed by atoms with Crippen molar-refractivity contribution in [3.63, 3.8) is 0 Å². The number of carbonyl (C=O) groups excluding carboxylic acids is 2. The standard InChI is InChI=1S/C40H50O8S6/c1-9-38(41)46-26(3)40(44-17-15-34-36(53-7)21-32(51-5)22-37(34)54-8)48-29-13-11-12-28(19-29)45-24-30(47-39(42)10-2)23-43-16-14-33-27(25-49)18-31(50-4)20-35(33)52-6/h9-13,18-22,26,30,40,49H,1-2,14-17,23-25H2,3-8H3. The third kappa shape index (κ3) is 14.6. The first-order chi connectivity index (χ1) is 26.1. The summed E-state index contributed by atoms with van der Waals surface area (Å²) >= 11 is 13.1. The summed E-state index contributed by atoms with van der Waals surface area (Å²) in [6.45, 7) is 9.65. The molecule has 0 aliphatic heterocycles. The van der Waals surface area contributed by atoms with Gasteiger partial charge in [0.25, 0.3) is 0 Å². The summed E-state index contributed by atoms with van der Waals surface area (Å²) in [5, 5.41) is 0. The van der Waals surface area contributed by atoms with Gasteiger partial charge in [-0.2, -0.15) is 12.6 Å². The van der Waals surface area contributed by atoms with Crippen LogP contribution in [0.2, 0.25) is 0 Å². The van der Waals surface area contributed by atoms with E-state index in [2.05, 4.69) is 81.3 Å². The van der Waals surface area contributed by atoms with E-state index in [4.69, 9.17) is 28.4 Å². The summed E-state index contributed by atoms with van der Waals surface area (Å²) < 4.78 is 35.6. The van der Waals surface area contributed by atoms with Crippen LogP contribution in [-0.4, -0.2) is 88.1 Å². The normalized spacial score (nSPS) is 12.7. The number of hydrogen-bond acceptors (Lipinski definition) is 14. The molecule has 0 radical (unpaired) electrons. The molecule has 0 heterocycles. The molecule has 294 valence electrons. The minimum Gasteiger partial charge on any atom is -0.489 e. The maximum Gasteiger partial charge on any atom is 0.330 e. The Balaban J connectivity index is 1.68. The van der Waals surface area contributed by atoms with Gasteiger partial charge in [0, 0.05) is 48.4 Å². The molecule has 54 heavy (non-hydrogen) atoms. The third-order valence-corrected chi connectivity index (χ3v) is 12.1. The van der Waals surface area contributed by atoms with E-state index in [9.17, 15) is 9.59 Å². The van der Waals surface area contributed by atoms with Gasteiger partial charge in [-0.05, 0) is 104 Å². The second kappa shape index (κ2) is 25.1. The van der Waals surface area contributed by atoms with Crippen LogP contribution in [0.25, 0.3) is 0 Å². The van der Waals surface area contributed by atoms with Gasteiger partial charge in [0.1, 0.15) is 18.1 Å². The first kappa shape index (κ1) is 46.1. The molecule has 0 amide bonds. The minimum absolute atomic E-state index is 0.0293. The van der Waals surface area contributed by atoms with Crippen molar-refractivity contribution in [3.8, 4) is 11.5 Å². The largest absolute Gasteiger partial charge is 0.489 e. The Bertz CT molecular complexity index is 1640. The lowest BCUT2D eigenvalue weighted by Gasteiger charge is -2.25. The van der Waals surface area contributed by atoms with Crippen molar-refractivity contribution in [1.29, 1.82) is 0 Å². The Morgan fingerprint density at radius 3 is 1.91 bits per heavy atom. The average molecular weight is 851 g/mol. The highest BCUT2D eigenvalue weighted by molar-refractivity contribution is 8.00. The lowest BCUT2D eigenvalue weighted by atomic mass is 10.1. The number of thiol groups is 1. The predicted octanol–water partition coefficient (Wildman–Crippen LogP) is 9.54. The fraction of sp³-hybridized carbons (Fsp3) is 0.400. The van der Waals surface area contributed by atoms with Crippen LogP contribution in [0.1, 0.15) is 23.6 Å². The zero-order chi connectivity index (χ0) is 39.5. The molecule has 3 rings (SSSR count). The van der Waals surface area contributed by atoms with Crippen molar-refractivity contribution in [3.05, 3.63) is 90.5 Å². The number of benzene rings is 3. The van der Waals surface area contributed by atoms with E-state index < -0.39 is 30.4 Å². The molecular weight excluding hydrogens is 801 g/mol. The molecule has 0 aliphatic carbocycles. The molecule has 3 aromatic rings. The highest BCUT2D eigenvalue weighted by Crippen LogP contribution is 2.35. The summed E-state index contributed by atoms with van der Waals surface area (Å²) in [7, 11) is 0. The van der Waals surface area contributed by atoms with Crippen LogP contribution in [0.3, 0.4) is 0 Å². The monoisotopic (exact) mass is 850 g/mol. The van der Waals surface area contributed by atoms with Crippen LogP contribution in [0.15, 0.2) is 98.3 Å². The highest BCUT2D eigenvalue weighted by atomic mass is 32.2. The second-order valence-electron chi connectivity index (χ2n) is 11.5. The fourth-order valence-corrected chi connectivity index (χ4v) is 8.90. The summed E-state index contributed by atoms with van der Waals surface area (Å²) in [5.74, 6) is 0.384. The van der Waals surface area contributed by atoms with Gasteiger partial charge in [-0.1, -0.05) is 19.2 Å². The lowest BCUT2D eigenvalue weighted by molar-refractivity contribution is -0.174. The van der Waals surface area contributed by atoms with Gasteiger partial charge in [-0.25, -0.2) is 9.59 Å². The molecule has 0 aromatic heterocycles. The topological polar surface area (TPSA) is 89.5 Å². The Hall–Kier alpha value is -2.30. The van der Waals surface area contributed by atoms with E-state index in [0.29, 0.717) is 43.3 Å². The first-order valence-electron chi connectivity index (χ1n) is 17.0. The third-order valence-electron chi connectivity index (χ3n) is 7.95. The molecule has 0 saturated heterocycles. The zero-order valence-corrected chi connectivity index (χ0v) is 36.6. The smallest absolute Gasteiger partial charge is 0.330 e. The van der Waals surface area contributed by atoms with Gasteiger partial charge in [0.05, 0.1) is 19.8 Å². The number of ether oxygens (including phenoxy) is 6. The van der Waals surface area contributed by atoms with Crippen LogP contribution in [0.5, 0.6) is 11.5 Å². The molecule has 3 aromatic carbocycles. The maximum absolute atomic E-state index is 12.2. The van der Waals surface area contributed by atoms with Gasteiger partial charge in [0.2, 0.25) is 6.29 Å². The fourth-order valence-electron chi connectivity index (χ4n) is 5.23. The number of thioether (sulfide) groups is 5. The molecular formula is C40H50O8S6.